The molecule has 104 valence electrons. The number of hydrogen-bond acceptors (Lipinski definition) is 3. The Kier molecular flexibility index (Phi) is 4.04. The lowest BCUT2D eigenvalue weighted by Gasteiger charge is -2.28. The molecule has 1 aliphatic rings. The van der Waals surface area contributed by atoms with Crippen LogP contribution < -0.4 is 11.3 Å². The van der Waals surface area contributed by atoms with E-state index in [1.165, 1.54) is 12.1 Å². The lowest BCUT2D eigenvalue weighted by molar-refractivity contribution is 0.0677. The van der Waals surface area contributed by atoms with Crippen LogP contribution in [0.4, 0.5) is 10.1 Å². The number of anilines is 1. The molecule has 1 fully saturated rings. The monoisotopic (exact) mass is 265 g/mol. The molecule has 1 aromatic rings. The van der Waals surface area contributed by atoms with E-state index < -0.39 is 5.82 Å². The molecule has 2 atom stereocenters. The number of amides is 1. The Balaban J connectivity index is 2.36. The molecule has 0 bridgehead atoms. The molecule has 0 radical (unpaired) electrons. The molecule has 2 rings (SSSR count). The fourth-order valence-corrected chi connectivity index (χ4v) is 2.83. The van der Waals surface area contributed by atoms with E-state index in [0.717, 1.165) is 19.3 Å². The maximum Gasteiger partial charge on any atom is 0.256 e. The number of hydrogen-bond donors (Lipinski definition) is 2. The van der Waals surface area contributed by atoms with Gasteiger partial charge in [-0.05, 0) is 38.3 Å². The normalized spacial score (nSPS) is 22.6. The van der Waals surface area contributed by atoms with Crippen molar-refractivity contribution >= 4 is 11.6 Å². The SMILES string of the molecule is CCC1CCC(C)N1C(=O)c1cccc(F)c1NN. The molecule has 2 unspecified atom stereocenters. The molecule has 4 nitrogen and oxygen atoms in total. The van der Waals surface area contributed by atoms with Crippen molar-refractivity contribution in [2.24, 2.45) is 5.84 Å². The largest absolute Gasteiger partial charge is 0.333 e. The quantitative estimate of drug-likeness (QED) is 0.652. The minimum Gasteiger partial charge on any atom is -0.333 e. The number of nitrogens with one attached hydrogen (secondary N) is 1. The Hall–Kier alpha value is -1.62. The van der Waals surface area contributed by atoms with Crippen molar-refractivity contribution in [3.63, 3.8) is 0 Å². The molecule has 1 heterocycles. The van der Waals surface area contributed by atoms with Crippen molar-refractivity contribution in [2.45, 2.75) is 45.2 Å². The number of halogens is 1. The van der Waals surface area contributed by atoms with Crippen LogP contribution in [0.5, 0.6) is 0 Å². The third kappa shape index (κ3) is 2.42. The molecule has 3 N–H and O–H groups in total. The van der Waals surface area contributed by atoms with E-state index in [1.807, 2.05) is 11.8 Å². The second-order valence-electron chi connectivity index (χ2n) is 5.01. The lowest BCUT2D eigenvalue weighted by atomic mass is 10.1. The van der Waals surface area contributed by atoms with E-state index in [1.54, 1.807) is 6.07 Å². The highest BCUT2D eigenvalue weighted by atomic mass is 19.1. The summed E-state index contributed by atoms with van der Waals surface area (Å²) in [7, 11) is 0. The summed E-state index contributed by atoms with van der Waals surface area (Å²) in [5, 5.41) is 0. The second-order valence-corrected chi connectivity index (χ2v) is 5.01. The highest BCUT2D eigenvalue weighted by Gasteiger charge is 2.34. The Morgan fingerprint density at radius 2 is 2.26 bits per heavy atom. The highest BCUT2D eigenvalue weighted by molar-refractivity contribution is 6.00. The van der Waals surface area contributed by atoms with Crippen molar-refractivity contribution in [1.82, 2.24) is 4.90 Å². The number of benzene rings is 1. The summed E-state index contributed by atoms with van der Waals surface area (Å²) < 4.78 is 13.7. The van der Waals surface area contributed by atoms with Crippen LogP contribution in [-0.2, 0) is 0 Å². The number of nitrogen functional groups attached to an aromatic ring is 1. The van der Waals surface area contributed by atoms with Crippen molar-refractivity contribution < 1.29 is 9.18 Å². The van der Waals surface area contributed by atoms with E-state index in [4.69, 9.17) is 5.84 Å². The summed E-state index contributed by atoms with van der Waals surface area (Å²) in [6, 6.07) is 4.85. The van der Waals surface area contributed by atoms with Gasteiger partial charge in [-0.15, -0.1) is 0 Å². The maximum atomic E-state index is 13.7. The zero-order chi connectivity index (χ0) is 14.0. The van der Waals surface area contributed by atoms with Crippen molar-refractivity contribution in [3.8, 4) is 0 Å². The number of nitrogens with two attached hydrogens (primary N) is 1. The van der Waals surface area contributed by atoms with Crippen LogP contribution in [0.15, 0.2) is 18.2 Å². The first-order chi connectivity index (χ1) is 9.10. The van der Waals surface area contributed by atoms with Crippen LogP contribution in [0.3, 0.4) is 0 Å². The topological polar surface area (TPSA) is 58.4 Å². The van der Waals surface area contributed by atoms with Crippen molar-refractivity contribution in [3.05, 3.63) is 29.6 Å². The van der Waals surface area contributed by atoms with Crippen LogP contribution in [0.1, 0.15) is 43.5 Å². The first-order valence-electron chi connectivity index (χ1n) is 6.68. The Bertz CT molecular complexity index is 478. The number of hydrazine groups is 1. The van der Waals surface area contributed by atoms with Gasteiger partial charge in [0.25, 0.3) is 5.91 Å². The Morgan fingerprint density at radius 3 is 2.89 bits per heavy atom. The van der Waals surface area contributed by atoms with E-state index in [2.05, 4.69) is 12.3 Å². The van der Waals surface area contributed by atoms with Crippen LogP contribution in [0.25, 0.3) is 0 Å². The van der Waals surface area contributed by atoms with Crippen molar-refractivity contribution in [1.29, 1.82) is 0 Å². The molecule has 0 saturated carbocycles. The van der Waals surface area contributed by atoms with Crippen molar-refractivity contribution in [2.75, 3.05) is 5.43 Å². The predicted octanol–water partition coefficient (Wildman–Crippen LogP) is 2.51. The predicted molar refractivity (Wildman–Crippen MR) is 73.2 cm³/mol. The molecule has 0 aliphatic carbocycles. The van der Waals surface area contributed by atoms with Crippen LogP contribution in [0.2, 0.25) is 0 Å². The van der Waals surface area contributed by atoms with Gasteiger partial charge in [0, 0.05) is 12.1 Å². The molecule has 0 aromatic heterocycles. The van der Waals surface area contributed by atoms with Gasteiger partial charge in [-0.25, -0.2) is 4.39 Å². The van der Waals surface area contributed by atoms with Gasteiger partial charge in [0.2, 0.25) is 0 Å². The molecule has 1 amide bonds. The molecular weight excluding hydrogens is 245 g/mol. The molecule has 5 heteroatoms. The summed E-state index contributed by atoms with van der Waals surface area (Å²) in [6.45, 7) is 4.10. The number of rotatable bonds is 3. The average molecular weight is 265 g/mol. The number of carbonyl (C=O) groups excluding carboxylic acids is 1. The van der Waals surface area contributed by atoms with Crippen LogP contribution in [-0.4, -0.2) is 22.9 Å². The van der Waals surface area contributed by atoms with Gasteiger partial charge >= 0.3 is 0 Å². The molecule has 19 heavy (non-hydrogen) atoms. The Morgan fingerprint density at radius 1 is 1.53 bits per heavy atom. The third-order valence-electron chi connectivity index (χ3n) is 3.88. The molecule has 1 saturated heterocycles. The summed E-state index contributed by atoms with van der Waals surface area (Å²) in [4.78, 5) is 14.5. The zero-order valence-electron chi connectivity index (χ0n) is 11.3. The standard InChI is InChI=1S/C14H20FN3O/c1-3-10-8-7-9(2)18(10)14(19)11-5-4-6-12(15)13(11)17-16/h4-6,9-10,17H,3,7-8,16H2,1-2H3. The van der Waals surface area contributed by atoms with Gasteiger partial charge in [0.05, 0.1) is 11.3 Å². The second kappa shape index (κ2) is 5.57. The fourth-order valence-electron chi connectivity index (χ4n) is 2.83. The smallest absolute Gasteiger partial charge is 0.256 e. The number of nitrogens with zero attached hydrogens (tertiary/aromatic N) is 1. The summed E-state index contributed by atoms with van der Waals surface area (Å²) in [5.74, 6) is 4.67. The Labute approximate surface area is 112 Å². The first-order valence-corrected chi connectivity index (χ1v) is 6.68. The lowest BCUT2D eigenvalue weighted by Crippen LogP contribution is -2.40. The minimum atomic E-state index is -0.506. The molecule has 1 aliphatic heterocycles. The zero-order valence-corrected chi connectivity index (χ0v) is 11.3. The number of likely N-dealkylation sites (tertiary alicyclic amines) is 1. The molecule has 1 aromatic carbocycles. The van der Waals surface area contributed by atoms with E-state index in [0.29, 0.717) is 5.56 Å². The summed E-state index contributed by atoms with van der Waals surface area (Å²) >= 11 is 0. The van der Waals surface area contributed by atoms with Gasteiger partial charge in [0.1, 0.15) is 5.82 Å². The first kappa shape index (κ1) is 13.8. The van der Waals surface area contributed by atoms with E-state index in [-0.39, 0.29) is 23.7 Å². The average Bonchev–Trinajstić information content (AvgIpc) is 2.78. The fraction of sp³-hybridized carbons (Fsp3) is 0.500. The third-order valence-corrected chi connectivity index (χ3v) is 3.88. The van der Waals surface area contributed by atoms with Crippen LogP contribution >= 0.6 is 0 Å². The van der Waals surface area contributed by atoms with Gasteiger partial charge in [-0.2, -0.15) is 0 Å². The van der Waals surface area contributed by atoms with Gasteiger partial charge in [0.15, 0.2) is 0 Å². The number of para-hydroxylation sites is 1. The molecule has 0 spiro atoms. The summed E-state index contributed by atoms with van der Waals surface area (Å²) in [6.07, 6.45) is 2.91. The highest BCUT2D eigenvalue weighted by Crippen LogP contribution is 2.30. The van der Waals surface area contributed by atoms with E-state index >= 15 is 0 Å². The van der Waals surface area contributed by atoms with Gasteiger partial charge in [-0.3, -0.25) is 10.6 Å². The maximum absolute atomic E-state index is 13.7. The van der Waals surface area contributed by atoms with E-state index in [9.17, 15) is 9.18 Å². The minimum absolute atomic E-state index is 0.0708. The number of carbonyl (C=O) groups is 1. The summed E-state index contributed by atoms with van der Waals surface area (Å²) in [5.41, 5.74) is 2.66. The van der Waals surface area contributed by atoms with Gasteiger partial charge in [-0.1, -0.05) is 13.0 Å². The van der Waals surface area contributed by atoms with Crippen LogP contribution in [0, 0.1) is 5.82 Å². The molecular formula is C14H20FN3O. The van der Waals surface area contributed by atoms with Gasteiger partial charge < -0.3 is 10.3 Å².